The Morgan fingerprint density at radius 1 is 1.67 bits per heavy atom. The number of aromatic nitrogens is 1. The molecule has 0 aliphatic heterocycles. The molecule has 1 atom stereocenters. The lowest BCUT2D eigenvalue weighted by Gasteiger charge is -2.09. The first kappa shape index (κ1) is 12.0. The molecule has 84 valence electrons. The molecule has 5 heteroatoms. The maximum absolute atomic E-state index is 10.3. The Hall–Kier alpha value is -1.10. The van der Waals surface area contributed by atoms with E-state index < -0.39 is 5.97 Å². The molecule has 0 amide bonds. The first-order chi connectivity index (χ1) is 7.18. The largest absolute Gasteiger partial charge is 0.481 e. The highest BCUT2D eigenvalue weighted by molar-refractivity contribution is 7.13. The third-order valence-electron chi connectivity index (χ3n) is 2.20. The summed E-state index contributed by atoms with van der Waals surface area (Å²) in [6.07, 6.45) is 3.75. The fraction of sp³-hybridized carbons (Fsp3) is 0.600. The van der Waals surface area contributed by atoms with Crippen LogP contribution in [0.2, 0.25) is 0 Å². The zero-order valence-corrected chi connectivity index (χ0v) is 9.59. The van der Waals surface area contributed by atoms with Crippen molar-refractivity contribution in [1.82, 2.24) is 4.98 Å². The highest BCUT2D eigenvalue weighted by Crippen LogP contribution is 2.13. The van der Waals surface area contributed by atoms with Crippen molar-refractivity contribution in [2.45, 2.75) is 26.2 Å². The molecular weight excluding hydrogens is 212 g/mol. The predicted molar refractivity (Wildman–Crippen MR) is 61.3 cm³/mol. The molecule has 2 N–H and O–H groups in total. The van der Waals surface area contributed by atoms with E-state index in [4.69, 9.17) is 5.11 Å². The molecule has 1 heterocycles. The highest BCUT2D eigenvalue weighted by Gasteiger charge is 2.05. The summed E-state index contributed by atoms with van der Waals surface area (Å²) in [6.45, 7) is 2.93. The number of carboxylic acids is 1. The van der Waals surface area contributed by atoms with Gasteiger partial charge in [-0.05, 0) is 18.8 Å². The Bertz CT molecular complexity index is 288. The van der Waals surface area contributed by atoms with Gasteiger partial charge in [0.15, 0.2) is 5.13 Å². The Balaban J connectivity index is 2.06. The minimum Gasteiger partial charge on any atom is -0.481 e. The molecule has 0 radical (unpaired) electrons. The van der Waals surface area contributed by atoms with Crippen LogP contribution in [0, 0.1) is 5.92 Å². The zero-order chi connectivity index (χ0) is 11.1. The van der Waals surface area contributed by atoms with E-state index in [1.54, 1.807) is 17.5 Å². The normalized spacial score (nSPS) is 12.3. The van der Waals surface area contributed by atoms with Gasteiger partial charge in [0, 0.05) is 24.5 Å². The van der Waals surface area contributed by atoms with Crippen LogP contribution in [0.3, 0.4) is 0 Å². The molecule has 1 aromatic rings. The Morgan fingerprint density at radius 2 is 2.47 bits per heavy atom. The SMILES string of the molecule is CC(CCNc1nccs1)CCC(=O)O. The van der Waals surface area contributed by atoms with Crippen LogP contribution in [0.1, 0.15) is 26.2 Å². The third kappa shape index (κ3) is 5.37. The molecule has 0 aromatic carbocycles. The van der Waals surface area contributed by atoms with Crippen molar-refractivity contribution in [3.8, 4) is 0 Å². The molecule has 0 fully saturated rings. The number of rotatable bonds is 7. The standard InChI is InChI=1S/C10H16N2O2S/c1-8(2-3-9(13)14)4-5-11-10-12-6-7-15-10/h6-8H,2-5H2,1H3,(H,11,12)(H,13,14). The monoisotopic (exact) mass is 228 g/mol. The van der Waals surface area contributed by atoms with E-state index in [0.29, 0.717) is 5.92 Å². The van der Waals surface area contributed by atoms with Crippen LogP contribution < -0.4 is 5.32 Å². The lowest BCUT2D eigenvalue weighted by atomic mass is 10.0. The third-order valence-corrected chi connectivity index (χ3v) is 2.93. The number of aliphatic carboxylic acids is 1. The van der Waals surface area contributed by atoms with Crippen molar-refractivity contribution in [3.05, 3.63) is 11.6 Å². The Labute approximate surface area is 93.4 Å². The molecule has 4 nitrogen and oxygen atoms in total. The van der Waals surface area contributed by atoms with E-state index in [1.807, 2.05) is 5.38 Å². The number of hydrogen-bond donors (Lipinski definition) is 2. The van der Waals surface area contributed by atoms with Crippen molar-refractivity contribution in [3.63, 3.8) is 0 Å². The average Bonchev–Trinajstić information content (AvgIpc) is 2.67. The van der Waals surface area contributed by atoms with E-state index in [0.717, 1.165) is 24.5 Å². The molecule has 0 saturated heterocycles. The summed E-state index contributed by atoms with van der Waals surface area (Å²) < 4.78 is 0. The van der Waals surface area contributed by atoms with Crippen molar-refractivity contribution in [1.29, 1.82) is 0 Å². The van der Waals surface area contributed by atoms with Gasteiger partial charge in [-0.25, -0.2) is 4.98 Å². The topological polar surface area (TPSA) is 62.2 Å². The highest BCUT2D eigenvalue weighted by atomic mass is 32.1. The second-order valence-electron chi connectivity index (χ2n) is 3.59. The number of anilines is 1. The second-order valence-corrected chi connectivity index (χ2v) is 4.48. The van der Waals surface area contributed by atoms with Gasteiger partial charge < -0.3 is 10.4 Å². The lowest BCUT2D eigenvalue weighted by molar-refractivity contribution is -0.137. The molecule has 0 aliphatic rings. The molecule has 1 aromatic heterocycles. The summed E-state index contributed by atoms with van der Waals surface area (Å²) >= 11 is 1.58. The average molecular weight is 228 g/mol. The van der Waals surface area contributed by atoms with E-state index in [-0.39, 0.29) is 6.42 Å². The van der Waals surface area contributed by atoms with Gasteiger partial charge in [-0.3, -0.25) is 4.79 Å². The minimum absolute atomic E-state index is 0.262. The smallest absolute Gasteiger partial charge is 0.303 e. The van der Waals surface area contributed by atoms with Gasteiger partial charge in [-0.2, -0.15) is 0 Å². The van der Waals surface area contributed by atoms with Gasteiger partial charge in [0.1, 0.15) is 0 Å². The molecule has 1 unspecified atom stereocenters. The van der Waals surface area contributed by atoms with Crippen molar-refractivity contribution >= 4 is 22.4 Å². The first-order valence-corrected chi connectivity index (χ1v) is 5.91. The quantitative estimate of drug-likeness (QED) is 0.752. The lowest BCUT2D eigenvalue weighted by Crippen LogP contribution is -2.08. The number of nitrogens with zero attached hydrogens (tertiary/aromatic N) is 1. The Morgan fingerprint density at radius 3 is 3.07 bits per heavy atom. The van der Waals surface area contributed by atoms with Crippen LogP contribution in [0.25, 0.3) is 0 Å². The predicted octanol–water partition coefficient (Wildman–Crippen LogP) is 2.45. The molecule has 15 heavy (non-hydrogen) atoms. The van der Waals surface area contributed by atoms with Gasteiger partial charge in [0.05, 0.1) is 0 Å². The maximum Gasteiger partial charge on any atom is 0.303 e. The van der Waals surface area contributed by atoms with Gasteiger partial charge in [-0.15, -0.1) is 11.3 Å². The van der Waals surface area contributed by atoms with Gasteiger partial charge in [-0.1, -0.05) is 6.92 Å². The molecule has 0 saturated carbocycles. The van der Waals surface area contributed by atoms with Gasteiger partial charge in [0.25, 0.3) is 0 Å². The summed E-state index contributed by atoms with van der Waals surface area (Å²) in [5.41, 5.74) is 0. The summed E-state index contributed by atoms with van der Waals surface area (Å²) in [6, 6.07) is 0. The molecular formula is C10H16N2O2S. The van der Waals surface area contributed by atoms with Crippen LogP contribution in [0.4, 0.5) is 5.13 Å². The van der Waals surface area contributed by atoms with Crippen LogP contribution in [0.15, 0.2) is 11.6 Å². The minimum atomic E-state index is -0.713. The van der Waals surface area contributed by atoms with Gasteiger partial charge in [0.2, 0.25) is 0 Å². The van der Waals surface area contributed by atoms with E-state index in [1.165, 1.54) is 0 Å². The van der Waals surface area contributed by atoms with Crippen LogP contribution in [0.5, 0.6) is 0 Å². The fourth-order valence-corrected chi connectivity index (χ4v) is 1.81. The Kier molecular flexibility index (Phi) is 5.10. The molecule has 0 bridgehead atoms. The van der Waals surface area contributed by atoms with Gasteiger partial charge >= 0.3 is 5.97 Å². The number of carbonyl (C=O) groups is 1. The number of carboxylic acid groups (broad SMARTS) is 1. The van der Waals surface area contributed by atoms with E-state index in [9.17, 15) is 4.79 Å². The summed E-state index contributed by atoms with van der Waals surface area (Å²) in [5.74, 6) is -0.275. The number of thiazole rings is 1. The van der Waals surface area contributed by atoms with Crippen molar-refractivity contribution < 1.29 is 9.90 Å². The van der Waals surface area contributed by atoms with E-state index >= 15 is 0 Å². The van der Waals surface area contributed by atoms with E-state index in [2.05, 4.69) is 17.2 Å². The molecule has 0 spiro atoms. The van der Waals surface area contributed by atoms with Crippen LogP contribution in [-0.2, 0) is 4.79 Å². The number of hydrogen-bond acceptors (Lipinski definition) is 4. The first-order valence-electron chi connectivity index (χ1n) is 5.03. The summed E-state index contributed by atoms with van der Waals surface area (Å²) in [7, 11) is 0. The summed E-state index contributed by atoms with van der Waals surface area (Å²) in [5, 5.41) is 14.6. The van der Waals surface area contributed by atoms with Crippen molar-refractivity contribution in [2.24, 2.45) is 5.92 Å². The van der Waals surface area contributed by atoms with Crippen molar-refractivity contribution in [2.75, 3.05) is 11.9 Å². The second kappa shape index (κ2) is 6.40. The van der Waals surface area contributed by atoms with Crippen LogP contribution >= 0.6 is 11.3 Å². The zero-order valence-electron chi connectivity index (χ0n) is 8.77. The molecule has 0 aliphatic carbocycles. The maximum atomic E-state index is 10.3. The van der Waals surface area contributed by atoms with Crippen LogP contribution in [-0.4, -0.2) is 22.6 Å². The number of nitrogens with one attached hydrogen (secondary N) is 1. The summed E-state index contributed by atoms with van der Waals surface area (Å²) in [4.78, 5) is 14.4. The molecule has 1 rings (SSSR count). The fourth-order valence-electron chi connectivity index (χ4n) is 1.25.